The Labute approximate surface area is 160 Å². The molecule has 1 aliphatic heterocycles. The van der Waals surface area contributed by atoms with Crippen LogP contribution in [0.3, 0.4) is 0 Å². The predicted molar refractivity (Wildman–Crippen MR) is 111 cm³/mol. The van der Waals surface area contributed by atoms with Crippen molar-refractivity contribution < 1.29 is 4.74 Å². The number of hydrogen-bond acceptors (Lipinski definition) is 3. The third kappa shape index (κ3) is 3.37. The molecule has 0 saturated heterocycles. The second-order valence-electron chi connectivity index (χ2n) is 7.00. The average molecular weight is 369 g/mol. The molecule has 0 radical (unpaired) electrons. The van der Waals surface area contributed by atoms with Crippen LogP contribution in [0.25, 0.3) is 4.91 Å². The molecule has 0 aromatic heterocycles. The van der Waals surface area contributed by atoms with Gasteiger partial charge in [-0.1, -0.05) is 61.4 Å². The van der Waals surface area contributed by atoms with Crippen molar-refractivity contribution in [3.05, 3.63) is 71.8 Å². The molecule has 0 N–H and O–H groups in total. The molecule has 2 aromatic carbocycles. The molecule has 2 aliphatic rings. The molecule has 3 atom stereocenters. The zero-order valence-corrected chi connectivity index (χ0v) is 16.2. The first-order chi connectivity index (χ1) is 12.2. The lowest BCUT2D eigenvalue weighted by molar-refractivity contribution is 0.322. The largest absolute Gasteiger partial charge is 0.497 e. The molecule has 1 heterocycles. The van der Waals surface area contributed by atoms with Gasteiger partial charge in [-0.25, -0.2) is 0 Å². The topological polar surface area (TPSA) is 9.23 Å². The smallest absolute Gasteiger partial charge is 0.118 e. The van der Waals surface area contributed by atoms with Gasteiger partial charge in [-0.15, -0.1) is 11.8 Å². The van der Waals surface area contributed by atoms with Crippen LogP contribution >= 0.6 is 24.4 Å². The standard InChI is InChI=1S/C22H24OS2/c1-23-18-12-10-16(11-13-18)19-15-21(17-7-3-2-4-8-17)25-22(24)14-6-5-9-20(19)22/h2-4,7-8,10-13,15,19-20,24H,5-6,9,14H2,1H3/t19-,20-,22+/m1/s1. The first-order valence-electron chi connectivity index (χ1n) is 9.02. The average Bonchev–Trinajstić information content (AvgIpc) is 2.67. The SMILES string of the molecule is COc1ccc([C@H]2C=C(c3ccccc3)S[C@@]3(S)CCCC[C@H]23)cc1. The molecule has 1 nitrogen and oxygen atoms in total. The summed E-state index contributed by atoms with van der Waals surface area (Å²) in [5.41, 5.74) is 2.68. The minimum Gasteiger partial charge on any atom is -0.497 e. The molecule has 25 heavy (non-hydrogen) atoms. The second-order valence-corrected chi connectivity index (χ2v) is 9.47. The van der Waals surface area contributed by atoms with E-state index in [9.17, 15) is 0 Å². The van der Waals surface area contributed by atoms with E-state index in [0.29, 0.717) is 11.8 Å². The van der Waals surface area contributed by atoms with E-state index in [1.165, 1.54) is 41.7 Å². The van der Waals surface area contributed by atoms with E-state index < -0.39 is 0 Å². The van der Waals surface area contributed by atoms with E-state index >= 15 is 0 Å². The molecule has 1 fully saturated rings. The molecule has 2 aromatic rings. The highest BCUT2D eigenvalue weighted by Crippen LogP contribution is 2.60. The number of thiol groups is 1. The van der Waals surface area contributed by atoms with Crippen molar-refractivity contribution in [2.24, 2.45) is 5.92 Å². The number of benzene rings is 2. The fourth-order valence-corrected chi connectivity index (χ4v) is 6.41. The van der Waals surface area contributed by atoms with Gasteiger partial charge < -0.3 is 4.74 Å². The minimum atomic E-state index is 0.0305. The summed E-state index contributed by atoms with van der Waals surface area (Å²) in [5.74, 6) is 1.91. The number of thioether (sulfide) groups is 1. The van der Waals surface area contributed by atoms with Crippen LogP contribution in [0, 0.1) is 5.92 Å². The highest BCUT2D eigenvalue weighted by molar-refractivity contribution is 8.18. The fraction of sp³-hybridized carbons (Fsp3) is 0.364. The van der Waals surface area contributed by atoms with E-state index in [1.54, 1.807) is 7.11 Å². The summed E-state index contributed by atoms with van der Waals surface area (Å²) in [5, 5.41) is 0. The summed E-state index contributed by atoms with van der Waals surface area (Å²) >= 11 is 7.21. The molecule has 0 spiro atoms. The molecule has 1 aliphatic carbocycles. The number of ether oxygens (including phenoxy) is 1. The van der Waals surface area contributed by atoms with Gasteiger partial charge in [-0.2, -0.15) is 12.6 Å². The molecular weight excluding hydrogens is 344 g/mol. The Balaban J connectivity index is 1.77. The van der Waals surface area contributed by atoms with Crippen molar-refractivity contribution in [2.75, 3.05) is 7.11 Å². The maximum atomic E-state index is 5.34. The Morgan fingerprint density at radius 3 is 2.52 bits per heavy atom. The fourth-order valence-electron chi connectivity index (χ4n) is 4.16. The molecule has 130 valence electrons. The van der Waals surface area contributed by atoms with Gasteiger partial charge in [-0.05, 0) is 42.0 Å². The molecule has 4 rings (SSSR count). The molecule has 1 saturated carbocycles. The van der Waals surface area contributed by atoms with Gasteiger partial charge in [-0.3, -0.25) is 0 Å². The lowest BCUT2D eigenvalue weighted by Gasteiger charge is -2.47. The Kier molecular flexibility index (Phi) is 4.88. The summed E-state index contributed by atoms with van der Waals surface area (Å²) in [6, 6.07) is 19.4. The Hall–Kier alpha value is -1.32. The van der Waals surface area contributed by atoms with Crippen LogP contribution in [-0.4, -0.2) is 11.2 Å². The van der Waals surface area contributed by atoms with Crippen LogP contribution in [0.5, 0.6) is 5.75 Å². The van der Waals surface area contributed by atoms with Gasteiger partial charge in [0.1, 0.15) is 5.75 Å². The Morgan fingerprint density at radius 2 is 1.80 bits per heavy atom. The zero-order chi connectivity index (χ0) is 17.3. The molecular formula is C22H24OS2. The van der Waals surface area contributed by atoms with E-state index in [-0.39, 0.29) is 4.08 Å². The van der Waals surface area contributed by atoms with Crippen molar-refractivity contribution in [1.29, 1.82) is 0 Å². The maximum Gasteiger partial charge on any atom is 0.118 e. The van der Waals surface area contributed by atoms with Crippen LogP contribution in [0.4, 0.5) is 0 Å². The van der Waals surface area contributed by atoms with E-state index in [4.69, 9.17) is 17.4 Å². The number of rotatable bonds is 3. The van der Waals surface area contributed by atoms with Gasteiger partial charge in [0.2, 0.25) is 0 Å². The van der Waals surface area contributed by atoms with Crippen molar-refractivity contribution in [3.8, 4) is 5.75 Å². The van der Waals surface area contributed by atoms with Gasteiger partial charge >= 0.3 is 0 Å². The zero-order valence-electron chi connectivity index (χ0n) is 14.5. The third-order valence-electron chi connectivity index (χ3n) is 5.49. The van der Waals surface area contributed by atoms with Crippen molar-refractivity contribution in [3.63, 3.8) is 0 Å². The van der Waals surface area contributed by atoms with E-state index in [2.05, 4.69) is 60.7 Å². The normalized spacial score (nSPS) is 28.8. The number of methoxy groups -OCH3 is 1. The Morgan fingerprint density at radius 1 is 1.04 bits per heavy atom. The van der Waals surface area contributed by atoms with E-state index in [0.717, 1.165) is 5.75 Å². The molecule has 0 amide bonds. The second kappa shape index (κ2) is 7.13. The minimum absolute atomic E-state index is 0.0305. The quantitative estimate of drug-likeness (QED) is 0.629. The molecule has 0 unspecified atom stereocenters. The maximum absolute atomic E-state index is 5.34. The summed E-state index contributed by atoms with van der Waals surface area (Å²) in [6.07, 6.45) is 7.51. The molecule has 3 heteroatoms. The first-order valence-corrected chi connectivity index (χ1v) is 10.3. The lowest BCUT2D eigenvalue weighted by atomic mass is 9.75. The van der Waals surface area contributed by atoms with Crippen LogP contribution in [0.15, 0.2) is 60.7 Å². The highest BCUT2D eigenvalue weighted by Gasteiger charge is 2.46. The summed E-state index contributed by atoms with van der Waals surface area (Å²) in [4.78, 5) is 1.37. The first kappa shape index (κ1) is 17.1. The van der Waals surface area contributed by atoms with Crippen LogP contribution in [0.1, 0.15) is 42.7 Å². The summed E-state index contributed by atoms with van der Waals surface area (Å²) < 4.78 is 5.37. The molecule has 0 bridgehead atoms. The Bertz CT molecular complexity index is 753. The third-order valence-corrected chi connectivity index (χ3v) is 7.77. The van der Waals surface area contributed by atoms with Crippen molar-refractivity contribution in [2.45, 2.75) is 35.7 Å². The van der Waals surface area contributed by atoms with Crippen LogP contribution < -0.4 is 4.74 Å². The highest BCUT2D eigenvalue weighted by atomic mass is 32.2. The lowest BCUT2D eigenvalue weighted by Crippen LogP contribution is -2.38. The summed E-state index contributed by atoms with van der Waals surface area (Å²) in [6.45, 7) is 0. The van der Waals surface area contributed by atoms with Crippen LogP contribution in [-0.2, 0) is 0 Å². The monoisotopic (exact) mass is 368 g/mol. The van der Waals surface area contributed by atoms with Gasteiger partial charge in [0.15, 0.2) is 0 Å². The summed E-state index contributed by atoms with van der Waals surface area (Å²) in [7, 11) is 1.72. The van der Waals surface area contributed by atoms with E-state index in [1.807, 2.05) is 11.8 Å². The van der Waals surface area contributed by atoms with Gasteiger partial charge in [0, 0.05) is 10.8 Å². The van der Waals surface area contributed by atoms with Crippen molar-refractivity contribution >= 4 is 29.3 Å². The number of allylic oxidation sites excluding steroid dienone is 1. The van der Waals surface area contributed by atoms with Gasteiger partial charge in [0.05, 0.1) is 11.2 Å². The predicted octanol–water partition coefficient (Wildman–Crippen LogP) is 6.38. The number of hydrogen-bond donors (Lipinski definition) is 1. The van der Waals surface area contributed by atoms with Crippen molar-refractivity contribution in [1.82, 2.24) is 0 Å². The van der Waals surface area contributed by atoms with Crippen LogP contribution in [0.2, 0.25) is 0 Å². The van der Waals surface area contributed by atoms with Gasteiger partial charge in [0.25, 0.3) is 0 Å². The number of fused-ring (bicyclic) bond motifs is 1.